The lowest BCUT2D eigenvalue weighted by Crippen LogP contribution is -2.06. The average Bonchev–Trinajstić information content (AvgIpc) is 2.69. The standard InChI is InChI=1S/C14H10BrF3OS/c1-8-11(15)7-13(20-8)12(19)6-9-2-4-10(5-3-9)14(16,17)18/h2-5,7H,6H2,1H3. The van der Waals surface area contributed by atoms with Crippen molar-refractivity contribution < 1.29 is 18.0 Å². The van der Waals surface area contributed by atoms with Gasteiger partial charge in [-0.3, -0.25) is 4.79 Å². The topological polar surface area (TPSA) is 17.1 Å². The van der Waals surface area contributed by atoms with Gasteiger partial charge in [-0.1, -0.05) is 12.1 Å². The molecule has 0 saturated carbocycles. The number of benzene rings is 1. The minimum absolute atomic E-state index is 0.0939. The number of rotatable bonds is 3. The van der Waals surface area contributed by atoms with E-state index >= 15 is 0 Å². The minimum atomic E-state index is -4.35. The molecule has 0 saturated heterocycles. The van der Waals surface area contributed by atoms with E-state index in [0.717, 1.165) is 21.5 Å². The largest absolute Gasteiger partial charge is 0.416 e. The summed E-state index contributed by atoms with van der Waals surface area (Å²) in [6.45, 7) is 1.89. The molecule has 0 amide bonds. The first-order valence-corrected chi connectivity index (χ1v) is 7.33. The number of hydrogen-bond acceptors (Lipinski definition) is 2. The zero-order chi connectivity index (χ0) is 14.9. The smallest absolute Gasteiger partial charge is 0.293 e. The number of carbonyl (C=O) groups excluding carboxylic acids is 1. The number of carbonyl (C=O) groups is 1. The molecule has 2 rings (SSSR count). The molecule has 0 aliphatic carbocycles. The number of halogens is 4. The quantitative estimate of drug-likeness (QED) is 0.680. The Balaban J connectivity index is 2.12. The molecular formula is C14H10BrF3OS. The number of thiophene rings is 1. The second-order valence-electron chi connectivity index (χ2n) is 4.31. The maximum atomic E-state index is 12.4. The summed E-state index contributed by atoms with van der Waals surface area (Å²) in [7, 11) is 0. The molecule has 0 unspecified atom stereocenters. The van der Waals surface area contributed by atoms with Crippen molar-refractivity contribution in [2.75, 3.05) is 0 Å². The lowest BCUT2D eigenvalue weighted by Gasteiger charge is -2.07. The lowest BCUT2D eigenvalue weighted by atomic mass is 10.1. The SMILES string of the molecule is Cc1sc(C(=O)Cc2ccc(C(F)(F)F)cc2)cc1Br. The van der Waals surface area contributed by atoms with Crippen LogP contribution >= 0.6 is 27.3 Å². The molecular weight excluding hydrogens is 353 g/mol. The molecule has 106 valence electrons. The van der Waals surface area contributed by atoms with Gasteiger partial charge in [0.15, 0.2) is 5.78 Å². The van der Waals surface area contributed by atoms with Crippen LogP contribution in [0.25, 0.3) is 0 Å². The monoisotopic (exact) mass is 362 g/mol. The first-order valence-electron chi connectivity index (χ1n) is 5.72. The fourth-order valence-electron chi connectivity index (χ4n) is 1.68. The second-order valence-corrected chi connectivity index (χ2v) is 6.42. The summed E-state index contributed by atoms with van der Waals surface area (Å²) in [5.74, 6) is -0.0939. The van der Waals surface area contributed by atoms with E-state index in [9.17, 15) is 18.0 Å². The van der Waals surface area contributed by atoms with Crippen molar-refractivity contribution in [2.45, 2.75) is 19.5 Å². The highest BCUT2D eigenvalue weighted by atomic mass is 79.9. The van der Waals surface area contributed by atoms with Crippen molar-refractivity contribution >= 4 is 33.0 Å². The molecule has 0 fully saturated rings. The third-order valence-corrected chi connectivity index (χ3v) is 4.96. The van der Waals surface area contributed by atoms with Gasteiger partial charge in [-0.05, 0) is 46.6 Å². The maximum Gasteiger partial charge on any atom is 0.416 e. The number of ketones is 1. The van der Waals surface area contributed by atoms with E-state index in [1.54, 1.807) is 6.07 Å². The predicted molar refractivity (Wildman–Crippen MR) is 76.2 cm³/mol. The van der Waals surface area contributed by atoms with E-state index in [-0.39, 0.29) is 12.2 Å². The van der Waals surface area contributed by atoms with Crippen LogP contribution in [0.2, 0.25) is 0 Å². The van der Waals surface area contributed by atoms with Crippen molar-refractivity contribution in [3.05, 3.63) is 55.7 Å². The van der Waals surface area contributed by atoms with Crippen LogP contribution in [0.3, 0.4) is 0 Å². The molecule has 0 aliphatic rings. The van der Waals surface area contributed by atoms with E-state index in [2.05, 4.69) is 15.9 Å². The number of alkyl halides is 3. The Morgan fingerprint density at radius 1 is 1.25 bits per heavy atom. The van der Waals surface area contributed by atoms with Crippen molar-refractivity contribution in [1.29, 1.82) is 0 Å². The van der Waals surface area contributed by atoms with E-state index < -0.39 is 11.7 Å². The summed E-state index contributed by atoms with van der Waals surface area (Å²) in [6, 6.07) is 6.43. The molecule has 1 aromatic heterocycles. The summed E-state index contributed by atoms with van der Waals surface area (Å²) in [5.41, 5.74) is -0.131. The average molecular weight is 363 g/mol. The predicted octanol–water partition coefficient (Wildman–Crippen LogP) is 5.26. The molecule has 2 aromatic rings. The van der Waals surface area contributed by atoms with Gasteiger partial charge in [0.2, 0.25) is 0 Å². The molecule has 6 heteroatoms. The van der Waals surface area contributed by atoms with Crippen molar-refractivity contribution in [2.24, 2.45) is 0 Å². The summed E-state index contributed by atoms with van der Waals surface area (Å²) in [4.78, 5) is 13.6. The normalized spacial score (nSPS) is 11.7. The first-order chi connectivity index (χ1) is 9.27. The van der Waals surface area contributed by atoms with Crippen LogP contribution in [0, 0.1) is 6.92 Å². The molecule has 1 heterocycles. The highest BCUT2D eigenvalue weighted by Crippen LogP contribution is 2.30. The molecule has 1 nitrogen and oxygen atoms in total. The van der Waals surface area contributed by atoms with Gasteiger partial charge in [-0.25, -0.2) is 0 Å². The van der Waals surface area contributed by atoms with E-state index in [1.165, 1.54) is 23.5 Å². The highest BCUT2D eigenvalue weighted by molar-refractivity contribution is 9.10. The fourth-order valence-corrected chi connectivity index (χ4v) is 3.15. The lowest BCUT2D eigenvalue weighted by molar-refractivity contribution is -0.137. The van der Waals surface area contributed by atoms with E-state index in [4.69, 9.17) is 0 Å². The number of aryl methyl sites for hydroxylation is 1. The van der Waals surface area contributed by atoms with Crippen LogP contribution in [0.1, 0.15) is 25.7 Å². The third kappa shape index (κ3) is 3.49. The van der Waals surface area contributed by atoms with Crippen LogP contribution < -0.4 is 0 Å². The Bertz CT molecular complexity index is 609. The Morgan fingerprint density at radius 2 is 1.85 bits per heavy atom. The zero-order valence-corrected chi connectivity index (χ0v) is 12.8. The molecule has 20 heavy (non-hydrogen) atoms. The Hall–Kier alpha value is -1.14. The van der Waals surface area contributed by atoms with Crippen LogP contribution in [-0.2, 0) is 12.6 Å². The van der Waals surface area contributed by atoms with Crippen LogP contribution in [-0.4, -0.2) is 5.78 Å². The van der Waals surface area contributed by atoms with Gasteiger partial charge in [0.1, 0.15) is 0 Å². The Labute approximate surface area is 126 Å². The minimum Gasteiger partial charge on any atom is -0.293 e. The van der Waals surface area contributed by atoms with Gasteiger partial charge in [0, 0.05) is 15.8 Å². The molecule has 1 aromatic carbocycles. The summed E-state index contributed by atoms with van der Waals surface area (Å²) in [6.07, 6.45) is -4.25. The molecule has 0 radical (unpaired) electrons. The van der Waals surface area contributed by atoms with Gasteiger partial charge in [0.05, 0.1) is 10.4 Å². The van der Waals surface area contributed by atoms with Gasteiger partial charge in [0.25, 0.3) is 0 Å². The molecule has 0 spiro atoms. The van der Waals surface area contributed by atoms with Gasteiger partial charge in [-0.15, -0.1) is 11.3 Å². The van der Waals surface area contributed by atoms with Crippen LogP contribution in [0.5, 0.6) is 0 Å². The molecule has 0 bridgehead atoms. The van der Waals surface area contributed by atoms with E-state index in [1.807, 2.05) is 6.92 Å². The van der Waals surface area contributed by atoms with Crippen LogP contribution in [0.4, 0.5) is 13.2 Å². The summed E-state index contributed by atoms with van der Waals surface area (Å²) in [5, 5.41) is 0. The number of hydrogen-bond donors (Lipinski definition) is 0. The van der Waals surface area contributed by atoms with Crippen LogP contribution in [0.15, 0.2) is 34.8 Å². The molecule has 0 N–H and O–H groups in total. The Morgan fingerprint density at radius 3 is 2.30 bits per heavy atom. The maximum absolute atomic E-state index is 12.4. The van der Waals surface area contributed by atoms with Crippen molar-refractivity contribution in [3.63, 3.8) is 0 Å². The number of Topliss-reactive ketones (excluding diaryl/α,β-unsaturated/α-hetero) is 1. The second kappa shape index (κ2) is 5.69. The van der Waals surface area contributed by atoms with Gasteiger partial charge in [-0.2, -0.15) is 13.2 Å². The fraction of sp³-hybridized carbons (Fsp3) is 0.214. The molecule has 0 atom stereocenters. The van der Waals surface area contributed by atoms with E-state index in [0.29, 0.717) is 10.4 Å². The third-order valence-electron chi connectivity index (χ3n) is 2.78. The summed E-state index contributed by atoms with van der Waals surface area (Å²) >= 11 is 4.71. The van der Waals surface area contributed by atoms with Gasteiger partial charge >= 0.3 is 6.18 Å². The summed E-state index contributed by atoms with van der Waals surface area (Å²) < 4.78 is 38.1. The first kappa shape index (κ1) is 15.3. The van der Waals surface area contributed by atoms with Crippen molar-refractivity contribution in [1.82, 2.24) is 0 Å². The van der Waals surface area contributed by atoms with Gasteiger partial charge < -0.3 is 0 Å². The van der Waals surface area contributed by atoms with Crippen molar-refractivity contribution in [3.8, 4) is 0 Å². The Kier molecular flexibility index (Phi) is 4.34. The highest BCUT2D eigenvalue weighted by Gasteiger charge is 2.30. The zero-order valence-electron chi connectivity index (χ0n) is 10.4. The molecule has 0 aliphatic heterocycles.